The fourth-order valence-electron chi connectivity index (χ4n) is 0.133. The van der Waals surface area contributed by atoms with E-state index in [1.54, 1.807) is 13.3 Å². The summed E-state index contributed by atoms with van der Waals surface area (Å²) >= 11 is 0. The minimum absolute atomic E-state index is 1.39. The Morgan fingerprint density at radius 3 is 1.75 bits per heavy atom. The van der Waals surface area contributed by atoms with Crippen LogP contribution in [0.5, 0.6) is 0 Å². The van der Waals surface area contributed by atoms with E-state index in [-0.39, 0.29) is 0 Å². The average molecular weight is 169 g/mol. The molecule has 0 bridgehead atoms. The lowest BCUT2D eigenvalue weighted by atomic mass is 10.9. The summed E-state index contributed by atoms with van der Waals surface area (Å²) in [6.07, 6.45) is 4.58. The molecule has 0 saturated heterocycles. The lowest BCUT2D eigenvalue weighted by Gasteiger charge is -1.64. The van der Waals surface area contributed by atoms with E-state index in [0.29, 0.717) is 0 Å². The largest absolute Gasteiger partial charge is 0.277 e. The molecule has 12 heavy (non-hydrogen) atoms. The van der Waals surface area contributed by atoms with Crippen LogP contribution in [0.15, 0.2) is 27.8 Å². The highest BCUT2D eigenvalue weighted by Crippen LogP contribution is 1.53. The van der Waals surface area contributed by atoms with Crippen LogP contribution in [-0.2, 0) is 0 Å². The molecule has 70 valence electrons. The van der Waals surface area contributed by atoms with Gasteiger partial charge in [-0.2, -0.15) is 0 Å². The second-order valence-electron chi connectivity index (χ2n) is 1.15. The van der Waals surface area contributed by atoms with Gasteiger partial charge in [0.15, 0.2) is 0 Å². The van der Waals surface area contributed by atoms with Crippen molar-refractivity contribution < 1.29 is 0 Å². The highest BCUT2D eigenvalue weighted by Gasteiger charge is 1.48. The number of hydrogen-bond donors (Lipinski definition) is 0. The van der Waals surface area contributed by atoms with Crippen LogP contribution in [0.1, 0.15) is 20.8 Å². The molecule has 3 nitrogen and oxygen atoms in total. The molecule has 0 N–H and O–H groups in total. The molecule has 0 aromatic heterocycles. The van der Waals surface area contributed by atoms with E-state index in [9.17, 15) is 0 Å². The highest BCUT2D eigenvalue weighted by molar-refractivity contribution is 5.70. The predicted molar refractivity (Wildman–Crippen MR) is 59.7 cm³/mol. The molecule has 0 amide bonds. The Hall–Kier alpha value is -1.25. The van der Waals surface area contributed by atoms with Crippen molar-refractivity contribution in [3.63, 3.8) is 0 Å². The van der Waals surface area contributed by atoms with Gasteiger partial charge < -0.3 is 0 Å². The Labute approximate surface area is 75.7 Å². The highest BCUT2D eigenvalue weighted by atomic mass is 14.8. The number of aliphatic imine (C=N–C) groups is 3. The molecule has 0 aliphatic heterocycles. The molecule has 0 atom stereocenters. The van der Waals surface area contributed by atoms with Gasteiger partial charge in [0, 0.05) is 19.5 Å². The zero-order valence-electron chi connectivity index (χ0n) is 8.49. The molecule has 0 radical (unpaired) electrons. The number of rotatable bonds is 2. The third kappa shape index (κ3) is 69.5. The Morgan fingerprint density at radius 1 is 1.25 bits per heavy atom. The van der Waals surface area contributed by atoms with E-state index in [4.69, 9.17) is 0 Å². The van der Waals surface area contributed by atoms with E-state index >= 15 is 0 Å². The van der Waals surface area contributed by atoms with E-state index in [1.807, 2.05) is 20.8 Å². The summed E-state index contributed by atoms with van der Waals surface area (Å²) in [7, 11) is 1.69. The van der Waals surface area contributed by atoms with Crippen LogP contribution < -0.4 is 0 Å². The summed E-state index contributed by atoms with van der Waals surface area (Å²) in [6.45, 7) is 12.2. The van der Waals surface area contributed by atoms with Crippen molar-refractivity contribution in [2.75, 3.05) is 7.05 Å². The van der Waals surface area contributed by atoms with Crippen LogP contribution in [0.4, 0.5) is 0 Å². The second-order valence-corrected chi connectivity index (χ2v) is 1.15. The minimum atomic E-state index is 1.39. The van der Waals surface area contributed by atoms with Gasteiger partial charge in [0.2, 0.25) is 0 Å². The lowest BCUT2D eigenvalue weighted by molar-refractivity contribution is 1.45. The molecular weight excluding hydrogens is 150 g/mol. The standard InChI is InChI=1S/C4H8N2.C3H5N.C2H6/c1-3-6-4-5-2;1-3-4-2;1-2/h3-4H,1-2H3;3H,1-2H2;1-2H3. The Kier molecular flexibility index (Phi) is 46.9. The van der Waals surface area contributed by atoms with Crippen LogP contribution in [0.3, 0.4) is 0 Å². The lowest BCUT2D eigenvalue weighted by Crippen LogP contribution is -1.61. The quantitative estimate of drug-likeness (QED) is 0.450. The average Bonchev–Trinajstić information content (AvgIpc) is 2.18. The molecule has 0 unspecified atom stereocenters. The third-order valence-electron chi connectivity index (χ3n) is 0.460. The van der Waals surface area contributed by atoms with Gasteiger partial charge in [-0.05, 0) is 13.6 Å². The number of nitrogens with zero attached hydrogens (tertiary/aromatic N) is 3. The SMILES string of the molecule is C=CN=C.CC.CC=NC=NC. The molecule has 3 heteroatoms. The molecule has 0 heterocycles. The Bertz CT molecular complexity index is 110. The zero-order chi connectivity index (χ0) is 10.2. The minimum Gasteiger partial charge on any atom is -0.277 e. The molecular formula is C9H19N3. The Balaban J connectivity index is -0.000000118. The number of hydrogen-bond acceptors (Lipinski definition) is 2. The van der Waals surface area contributed by atoms with Crippen LogP contribution in [0, 0.1) is 0 Å². The van der Waals surface area contributed by atoms with E-state index in [1.165, 1.54) is 12.5 Å². The van der Waals surface area contributed by atoms with Crippen LogP contribution in [-0.4, -0.2) is 26.3 Å². The summed E-state index contributed by atoms with van der Waals surface area (Å²) in [5, 5.41) is 0. The Morgan fingerprint density at radius 2 is 1.67 bits per heavy atom. The third-order valence-corrected chi connectivity index (χ3v) is 0.460. The molecule has 0 aromatic rings. The van der Waals surface area contributed by atoms with Crippen molar-refractivity contribution in [2.45, 2.75) is 20.8 Å². The predicted octanol–water partition coefficient (Wildman–Crippen LogP) is 2.59. The smallest absolute Gasteiger partial charge is 0.109 e. The van der Waals surface area contributed by atoms with Gasteiger partial charge in [0.1, 0.15) is 6.34 Å². The molecule has 0 aliphatic carbocycles. The first-order valence-corrected chi connectivity index (χ1v) is 3.78. The van der Waals surface area contributed by atoms with Crippen molar-refractivity contribution in [1.82, 2.24) is 0 Å². The first-order valence-electron chi connectivity index (χ1n) is 3.78. The first kappa shape index (κ1) is 17.0. The maximum atomic E-state index is 3.67. The molecule has 0 aliphatic rings. The van der Waals surface area contributed by atoms with Gasteiger partial charge in [-0.1, -0.05) is 20.4 Å². The van der Waals surface area contributed by atoms with Crippen molar-refractivity contribution in [3.8, 4) is 0 Å². The van der Waals surface area contributed by atoms with Gasteiger partial charge in [-0.3, -0.25) is 15.0 Å². The van der Waals surface area contributed by atoms with Gasteiger partial charge in [-0.15, -0.1) is 0 Å². The summed E-state index contributed by atoms with van der Waals surface area (Å²) in [5.41, 5.74) is 0. The first-order chi connectivity index (χ1) is 5.83. The monoisotopic (exact) mass is 169 g/mol. The molecule has 0 fully saturated rings. The van der Waals surface area contributed by atoms with E-state index < -0.39 is 0 Å². The normalized spacial score (nSPS) is 8.00. The van der Waals surface area contributed by atoms with Gasteiger partial charge in [0.25, 0.3) is 0 Å². The molecule has 0 rings (SSSR count). The maximum absolute atomic E-state index is 3.67. The fourth-order valence-corrected chi connectivity index (χ4v) is 0.133. The van der Waals surface area contributed by atoms with E-state index in [2.05, 4.69) is 28.3 Å². The summed E-state index contributed by atoms with van der Waals surface area (Å²) in [6, 6.07) is 0. The zero-order valence-corrected chi connectivity index (χ0v) is 8.49. The van der Waals surface area contributed by atoms with Crippen LogP contribution in [0.2, 0.25) is 0 Å². The molecule has 0 spiro atoms. The molecule has 0 aromatic carbocycles. The van der Waals surface area contributed by atoms with Crippen LogP contribution >= 0.6 is 0 Å². The van der Waals surface area contributed by atoms with Crippen molar-refractivity contribution in [1.29, 1.82) is 0 Å². The fraction of sp³-hybridized carbons (Fsp3) is 0.444. The van der Waals surface area contributed by atoms with Gasteiger partial charge in [0.05, 0.1) is 0 Å². The van der Waals surface area contributed by atoms with Gasteiger partial charge >= 0.3 is 0 Å². The van der Waals surface area contributed by atoms with Crippen molar-refractivity contribution in [2.24, 2.45) is 15.0 Å². The summed E-state index contributed by atoms with van der Waals surface area (Å²) in [4.78, 5) is 10.5. The summed E-state index contributed by atoms with van der Waals surface area (Å²) < 4.78 is 0. The van der Waals surface area contributed by atoms with Crippen molar-refractivity contribution in [3.05, 3.63) is 12.8 Å². The molecule has 0 saturated carbocycles. The second kappa shape index (κ2) is 33.1. The summed E-state index contributed by atoms with van der Waals surface area (Å²) in [5.74, 6) is 0. The topological polar surface area (TPSA) is 37.1 Å². The van der Waals surface area contributed by atoms with Crippen molar-refractivity contribution >= 4 is 19.3 Å². The van der Waals surface area contributed by atoms with Crippen LogP contribution in [0.25, 0.3) is 0 Å². The maximum Gasteiger partial charge on any atom is 0.109 e. The van der Waals surface area contributed by atoms with Gasteiger partial charge in [-0.25, -0.2) is 0 Å². The van der Waals surface area contributed by atoms with E-state index in [0.717, 1.165) is 0 Å².